The van der Waals surface area contributed by atoms with Gasteiger partial charge in [-0.2, -0.15) is 0 Å². The number of rotatable bonds is 2. The molecule has 0 aromatic carbocycles. The monoisotopic (exact) mass is 149 g/mol. The highest BCUT2D eigenvalue weighted by Crippen LogP contribution is 1.94. The second kappa shape index (κ2) is 3.61. The first-order valence-electron chi connectivity index (χ1n) is 3.40. The molecule has 11 heavy (non-hydrogen) atoms. The summed E-state index contributed by atoms with van der Waals surface area (Å²) in [5.41, 5.74) is 11.5. The number of hydrogen-bond acceptors (Lipinski definition) is 3. The topological polar surface area (TPSA) is 64.9 Å². The third kappa shape index (κ3) is 2.71. The fourth-order valence-electron chi connectivity index (χ4n) is 0.741. The summed E-state index contributed by atoms with van der Waals surface area (Å²) in [7, 11) is 0. The van der Waals surface area contributed by atoms with Crippen LogP contribution in [0.2, 0.25) is 0 Å². The smallest absolute Gasteiger partial charge is 0.0896 e. The molecule has 0 unspecified atom stereocenters. The van der Waals surface area contributed by atoms with E-state index in [1.54, 1.807) is 12.3 Å². The van der Waals surface area contributed by atoms with Crippen molar-refractivity contribution in [3.8, 4) is 0 Å². The Kier molecular flexibility index (Phi) is 2.49. The predicted molar refractivity (Wildman–Crippen MR) is 44.4 cm³/mol. The minimum atomic E-state index is 0.343. The van der Waals surface area contributed by atoms with Crippen molar-refractivity contribution in [3.05, 3.63) is 42.0 Å². The Labute approximate surface area is 65.7 Å². The van der Waals surface area contributed by atoms with E-state index in [9.17, 15) is 0 Å². The summed E-state index contributed by atoms with van der Waals surface area (Å²) in [6.07, 6.45) is 4.18. The van der Waals surface area contributed by atoms with Gasteiger partial charge in [0.1, 0.15) is 0 Å². The Morgan fingerprint density at radius 1 is 1.45 bits per heavy atom. The molecule has 4 N–H and O–H groups in total. The first-order valence-corrected chi connectivity index (χ1v) is 3.40. The molecule has 1 heterocycles. The van der Waals surface area contributed by atoms with Gasteiger partial charge in [-0.25, -0.2) is 0 Å². The predicted octanol–water partition coefficient (Wildman–Crippen LogP) is 0.383. The Morgan fingerprint density at radius 2 is 2.27 bits per heavy atom. The van der Waals surface area contributed by atoms with E-state index in [2.05, 4.69) is 4.98 Å². The maximum atomic E-state index is 5.25. The van der Waals surface area contributed by atoms with Crippen molar-refractivity contribution < 1.29 is 0 Å². The molecule has 0 atom stereocenters. The summed E-state index contributed by atoms with van der Waals surface area (Å²) in [5, 5.41) is 0. The van der Waals surface area contributed by atoms with E-state index < -0.39 is 0 Å². The fraction of sp³-hybridized carbons (Fsp3) is 0.125. The van der Waals surface area contributed by atoms with Gasteiger partial charge in [0, 0.05) is 18.3 Å². The van der Waals surface area contributed by atoms with Gasteiger partial charge >= 0.3 is 0 Å². The van der Waals surface area contributed by atoms with Crippen LogP contribution in [0.25, 0.3) is 0 Å². The number of nitrogens with zero attached hydrogens (tertiary/aromatic N) is 1. The zero-order valence-corrected chi connectivity index (χ0v) is 6.20. The lowest BCUT2D eigenvalue weighted by Gasteiger charge is -1.93. The number of pyridine rings is 1. The van der Waals surface area contributed by atoms with Crippen molar-refractivity contribution in [1.82, 2.24) is 4.98 Å². The third-order valence-corrected chi connectivity index (χ3v) is 1.27. The van der Waals surface area contributed by atoms with Crippen LogP contribution in [0.5, 0.6) is 0 Å². The highest BCUT2D eigenvalue weighted by atomic mass is 14.8. The second-order valence-electron chi connectivity index (χ2n) is 2.23. The van der Waals surface area contributed by atoms with Gasteiger partial charge < -0.3 is 11.5 Å². The molecule has 0 amide bonds. The lowest BCUT2D eigenvalue weighted by molar-refractivity contribution is 1.08. The Morgan fingerprint density at radius 3 is 2.82 bits per heavy atom. The van der Waals surface area contributed by atoms with E-state index in [4.69, 9.17) is 11.5 Å². The summed E-state index contributed by atoms with van der Waals surface area (Å²) in [4.78, 5) is 4.10. The average molecular weight is 149 g/mol. The van der Waals surface area contributed by atoms with Crippen molar-refractivity contribution in [2.45, 2.75) is 6.42 Å². The molecule has 0 aliphatic rings. The van der Waals surface area contributed by atoms with Crippen molar-refractivity contribution in [2.75, 3.05) is 0 Å². The SMILES string of the molecule is NC(N)=CCc1ccccn1. The van der Waals surface area contributed by atoms with Crippen LogP contribution in [0.4, 0.5) is 0 Å². The summed E-state index contributed by atoms with van der Waals surface area (Å²) in [6, 6.07) is 5.74. The molecule has 1 aromatic rings. The molecule has 0 bridgehead atoms. The first-order chi connectivity index (χ1) is 5.29. The molecule has 0 radical (unpaired) electrons. The normalized spacial score (nSPS) is 9.09. The zero-order chi connectivity index (χ0) is 8.10. The van der Waals surface area contributed by atoms with Gasteiger partial charge in [0.25, 0.3) is 0 Å². The van der Waals surface area contributed by atoms with Gasteiger partial charge in [-0.05, 0) is 18.2 Å². The van der Waals surface area contributed by atoms with Gasteiger partial charge in [0.2, 0.25) is 0 Å². The van der Waals surface area contributed by atoms with Gasteiger partial charge in [-0.3, -0.25) is 4.98 Å². The fourth-order valence-corrected chi connectivity index (χ4v) is 0.741. The largest absolute Gasteiger partial charge is 0.386 e. The molecule has 0 aliphatic carbocycles. The lowest BCUT2D eigenvalue weighted by Crippen LogP contribution is -2.08. The molecular weight excluding hydrogens is 138 g/mol. The molecule has 3 nitrogen and oxygen atoms in total. The molecule has 58 valence electrons. The van der Waals surface area contributed by atoms with Crippen LogP contribution in [0.3, 0.4) is 0 Å². The molecule has 0 aliphatic heterocycles. The van der Waals surface area contributed by atoms with Crippen molar-refractivity contribution in [2.24, 2.45) is 11.5 Å². The summed E-state index contributed by atoms with van der Waals surface area (Å²) < 4.78 is 0. The van der Waals surface area contributed by atoms with E-state index in [1.807, 2.05) is 18.2 Å². The zero-order valence-electron chi connectivity index (χ0n) is 6.20. The summed E-state index contributed by atoms with van der Waals surface area (Å²) in [6.45, 7) is 0. The first kappa shape index (κ1) is 7.60. The Bertz CT molecular complexity index is 237. The number of allylic oxidation sites excluding steroid dienone is 1. The highest BCUT2D eigenvalue weighted by molar-refractivity contribution is 5.08. The number of aromatic nitrogens is 1. The van der Waals surface area contributed by atoms with Gasteiger partial charge in [0.05, 0.1) is 5.82 Å². The Balaban J connectivity index is 2.59. The molecule has 3 heteroatoms. The third-order valence-electron chi connectivity index (χ3n) is 1.27. The quantitative estimate of drug-likeness (QED) is 0.639. The van der Waals surface area contributed by atoms with Crippen LogP contribution < -0.4 is 11.5 Å². The van der Waals surface area contributed by atoms with E-state index in [0.29, 0.717) is 12.2 Å². The van der Waals surface area contributed by atoms with E-state index in [-0.39, 0.29) is 0 Å². The van der Waals surface area contributed by atoms with Crippen LogP contribution >= 0.6 is 0 Å². The number of nitrogens with two attached hydrogens (primary N) is 2. The average Bonchev–Trinajstić information content (AvgIpc) is 2.03. The van der Waals surface area contributed by atoms with Crippen LogP contribution in [-0.2, 0) is 6.42 Å². The van der Waals surface area contributed by atoms with Crippen LogP contribution in [0.15, 0.2) is 36.3 Å². The molecule has 0 saturated heterocycles. The van der Waals surface area contributed by atoms with Gasteiger partial charge in [-0.15, -0.1) is 0 Å². The van der Waals surface area contributed by atoms with Crippen molar-refractivity contribution in [1.29, 1.82) is 0 Å². The van der Waals surface area contributed by atoms with Crippen molar-refractivity contribution >= 4 is 0 Å². The molecule has 1 aromatic heterocycles. The van der Waals surface area contributed by atoms with E-state index in [0.717, 1.165) is 5.69 Å². The maximum absolute atomic E-state index is 5.25. The molecule has 0 saturated carbocycles. The van der Waals surface area contributed by atoms with Gasteiger partial charge in [-0.1, -0.05) is 6.07 Å². The second-order valence-corrected chi connectivity index (χ2v) is 2.23. The minimum Gasteiger partial charge on any atom is -0.386 e. The molecule has 0 fully saturated rings. The van der Waals surface area contributed by atoms with Gasteiger partial charge in [0.15, 0.2) is 0 Å². The Hall–Kier alpha value is -1.51. The minimum absolute atomic E-state index is 0.343. The molecule has 1 rings (SSSR count). The maximum Gasteiger partial charge on any atom is 0.0896 e. The molecule has 0 spiro atoms. The molecular formula is C8H11N3. The highest BCUT2D eigenvalue weighted by Gasteiger charge is 1.87. The van der Waals surface area contributed by atoms with E-state index >= 15 is 0 Å². The van der Waals surface area contributed by atoms with Crippen LogP contribution in [-0.4, -0.2) is 4.98 Å². The summed E-state index contributed by atoms with van der Waals surface area (Å²) in [5.74, 6) is 0.343. The van der Waals surface area contributed by atoms with Crippen molar-refractivity contribution in [3.63, 3.8) is 0 Å². The number of hydrogen-bond donors (Lipinski definition) is 2. The summed E-state index contributed by atoms with van der Waals surface area (Å²) >= 11 is 0. The van der Waals surface area contributed by atoms with Crippen LogP contribution in [0, 0.1) is 0 Å². The lowest BCUT2D eigenvalue weighted by atomic mass is 10.2. The van der Waals surface area contributed by atoms with E-state index in [1.165, 1.54) is 0 Å². The standard InChI is InChI=1S/C8H11N3/c9-8(10)5-4-7-3-1-2-6-11-7/h1-3,5-6H,4,9-10H2. The van der Waals surface area contributed by atoms with Crippen LogP contribution in [0.1, 0.15) is 5.69 Å².